The van der Waals surface area contributed by atoms with Gasteiger partial charge in [-0.2, -0.15) is 0 Å². The molecule has 0 amide bonds. The topological polar surface area (TPSA) is 24.9 Å². The molecule has 12 heavy (non-hydrogen) atoms. The van der Waals surface area contributed by atoms with Gasteiger partial charge in [-0.3, -0.25) is 0 Å². The largest absolute Gasteiger partial charge is 0.373 e. The van der Waals surface area contributed by atoms with Gasteiger partial charge in [-0.1, -0.05) is 26.8 Å². The predicted molar refractivity (Wildman–Crippen MR) is 54.5 cm³/mol. The van der Waals surface area contributed by atoms with Crippen LogP contribution in [0.4, 0.5) is 5.82 Å². The first-order valence-corrected chi connectivity index (χ1v) is 4.50. The van der Waals surface area contributed by atoms with Gasteiger partial charge in [0.25, 0.3) is 0 Å². The third-order valence-electron chi connectivity index (χ3n) is 1.51. The summed E-state index contributed by atoms with van der Waals surface area (Å²) in [4.78, 5) is 4.16. The molecule has 0 aromatic carbocycles. The number of rotatable bonds is 2. The Balaban J connectivity index is 0.000000561. The van der Waals surface area contributed by atoms with Crippen LogP contribution >= 0.6 is 0 Å². The van der Waals surface area contributed by atoms with E-state index in [1.807, 2.05) is 27.0 Å². The summed E-state index contributed by atoms with van der Waals surface area (Å²) >= 11 is 0. The number of hydrogen-bond donors (Lipinski definition) is 1. The van der Waals surface area contributed by atoms with Crippen molar-refractivity contribution in [1.82, 2.24) is 4.98 Å². The molecule has 2 heteroatoms. The smallest absolute Gasteiger partial charge is 0.128 e. The van der Waals surface area contributed by atoms with Crippen molar-refractivity contribution < 1.29 is 0 Å². The Morgan fingerprint density at radius 2 is 2.08 bits per heavy atom. The van der Waals surface area contributed by atoms with Gasteiger partial charge in [0.1, 0.15) is 5.82 Å². The summed E-state index contributed by atoms with van der Waals surface area (Å²) in [6.07, 6.45) is 2.83. The third kappa shape index (κ3) is 2.91. The highest BCUT2D eigenvalue weighted by atomic mass is 15.0. The molecule has 2 nitrogen and oxygen atoms in total. The summed E-state index contributed by atoms with van der Waals surface area (Å²) < 4.78 is 0. The van der Waals surface area contributed by atoms with Crippen molar-refractivity contribution in [2.75, 3.05) is 12.4 Å². The maximum atomic E-state index is 4.16. The van der Waals surface area contributed by atoms with E-state index in [-0.39, 0.29) is 0 Å². The van der Waals surface area contributed by atoms with Crippen LogP contribution in [0, 0.1) is 0 Å². The molecule has 1 aromatic heterocycles. The molecule has 0 unspecified atom stereocenters. The summed E-state index contributed by atoms with van der Waals surface area (Å²) in [5.74, 6) is 0.991. The van der Waals surface area contributed by atoms with Crippen LogP contribution in [0.25, 0.3) is 0 Å². The molecule has 1 heterocycles. The second-order valence-corrected chi connectivity index (χ2v) is 2.11. The molecule has 0 aliphatic carbocycles. The number of aryl methyl sites for hydroxylation is 1. The zero-order valence-corrected chi connectivity index (χ0v) is 8.39. The van der Waals surface area contributed by atoms with Gasteiger partial charge < -0.3 is 5.32 Å². The molecule has 0 fully saturated rings. The second kappa shape index (κ2) is 6.65. The van der Waals surface area contributed by atoms with Crippen LogP contribution in [0.2, 0.25) is 0 Å². The Hall–Kier alpha value is -1.05. The number of nitrogens with one attached hydrogen (secondary N) is 1. The summed E-state index contributed by atoms with van der Waals surface area (Å²) in [7, 11) is 1.89. The minimum atomic E-state index is 0.991. The minimum absolute atomic E-state index is 0.991. The van der Waals surface area contributed by atoms with Crippen molar-refractivity contribution in [3.05, 3.63) is 23.9 Å². The molecule has 0 atom stereocenters. The van der Waals surface area contributed by atoms with E-state index in [0.29, 0.717) is 0 Å². The lowest BCUT2D eigenvalue weighted by Gasteiger charge is -2.03. The van der Waals surface area contributed by atoms with Gasteiger partial charge in [-0.05, 0) is 18.1 Å². The Morgan fingerprint density at radius 3 is 2.50 bits per heavy atom. The molecule has 0 saturated heterocycles. The monoisotopic (exact) mass is 166 g/mol. The lowest BCUT2D eigenvalue weighted by Crippen LogP contribution is -1.96. The SMILES string of the molecule is CC.CCc1cccnc1NC. The van der Waals surface area contributed by atoms with Crippen LogP contribution in [0.15, 0.2) is 18.3 Å². The van der Waals surface area contributed by atoms with Crippen LogP contribution in [0.3, 0.4) is 0 Å². The summed E-state index contributed by atoms with van der Waals surface area (Å²) in [6.45, 7) is 6.12. The highest BCUT2D eigenvalue weighted by Crippen LogP contribution is 2.09. The molecule has 0 radical (unpaired) electrons. The van der Waals surface area contributed by atoms with Gasteiger partial charge in [0.05, 0.1) is 0 Å². The Bertz CT molecular complexity index is 186. The van der Waals surface area contributed by atoms with Crippen molar-refractivity contribution in [2.24, 2.45) is 0 Å². The van der Waals surface area contributed by atoms with Gasteiger partial charge >= 0.3 is 0 Å². The maximum Gasteiger partial charge on any atom is 0.128 e. The number of pyridine rings is 1. The van der Waals surface area contributed by atoms with E-state index in [9.17, 15) is 0 Å². The van der Waals surface area contributed by atoms with E-state index in [1.165, 1.54) is 5.56 Å². The standard InChI is InChI=1S/C8H12N2.C2H6/c1-3-7-5-4-6-10-8(7)9-2;1-2/h4-6H,3H2,1-2H3,(H,9,10);1-2H3. The predicted octanol–water partition coefficient (Wildman–Crippen LogP) is 2.71. The highest BCUT2D eigenvalue weighted by Gasteiger charge is 1.95. The molecule has 1 aromatic rings. The summed E-state index contributed by atoms with van der Waals surface area (Å²) in [5, 5.41) is 3.04. The number of nitrogens with zero attached hydrogens (tertiary/aromatic N) is 1. The number of aromatic nitrogens is 1. The molecular weight excluding hydrogens is 148 g/mol. The van der Waals surface area contributed by atoms with E-state index in [0.717, 1.165) is 12.2 Å². The van der Waals surface area contributed by atoms with E-state index in [1.54, 1.807) is 6.20 Å². The fourth-order valence-electron chi connectivity index (χ4n) is 0.949. The average Bonchev–Trinajstić information content (AvgIpc) is 2.20. The first-order valence-electron chi connectivity index (χ1n) is 4.50. The van der Waals surface area contributed by atoms with E-state index < -0.39 is 0 Å². The zero-order valence-electron chi connectivity index (χ0n) is 8.39. The molecule has 68 valence electrons. The molecule has 0 bridgehead atoms. The first-order chi connectivity index (χ1) is 5.88. The Labute approximate surface area is 75.0 Å². The van der Waals surface area contributed by atoms with Gasteiger partial charge in [0.2, 0.25) is 0 Å². The van der Waals surface area contributed by atoms with E-state index in [4.69, 9.17) is 0 Å². The molecule has 0 spiro atoms. The van der Waals surface area contributed by atoms with Crippen LogP contribution in [-0.2, 0) is 6.42 Å². The number of anilines is 1. The summed E-state index contributed by atoms with van der Waals surface area (Å²) in [6, 6.07) is 4.04. The van der Waals surface area contributed by atoms with Crippen molar-refractivity contribution in [3.8, 4) is 0 Å². The van der Waals surface area contributed by atoms with Crippen LogP contribution in [0.1, 0.15) is 26.3 Å². The fourth-order valence-corrected chi connectivity index (χ4v) is 0.949. The molecule has 0 saturated carbocycles. The van der Waals surface area contributed by atoms with E-state index >= 15 is 0 Å². The highest BCUT2D eigenvalue weighted by molar-refractivity contribution is 5.42. The molecule has 1 rings (SSSR count). The maximum absolute atomic E-state index is 4.16. The van der Waals surface area contributed by atoms with Crippen molar-refractivity contribution in [3.63, 3.8) is 0 Å². The first kappa shape index (κ1) is 11.0. The fraction of sp³-hybridized carbons (Fsp3) is 0.500. The van der Waals surface area contributed by atoms with Crippen molar-refractivity contribution in [1.29, 1.82) is 0 Å². The normalized spacial score (nSPS) is 8.33. The number of hydrogen-bond acceptors (Lipinski definition) is 2. The van der Waals surface area contributed by atoms with Crippen molar-refractivity contribution >= 4 is 5.82 Å². The van der Waals surface area contributed by atoms with Gasteiger partial charge in [-0.25, -0.2) is 4.98 Å². The second-order valence-electron chi connectivity index (χ2n) is 2.11. The lowest BCUT2D eigenvalue weighted by atomic mass is 10.2. The van der Waals surface area contributed by atoms with Crippen molar-refractivity contribution in [2.45, 2.75) is 27.2 Å². The molecule has 1 N–H and O–H groups in total. The quantitative estimate of drug-likeness (QED) is 0.730. The molecule has 0 aliphatic heterocycles. The summed E-state index contributed by atoms with van der Waals surface area (Å²) in [5.41, 5.74) is 1.27. The Morgan fingerprint density at radius 1 is 1.42 bits per heavy atom. The van der Waals surface area contributed by atoms with Gasteiger partial charge in [0.15, 0.2) is 0 Å². The lowest BCUT2D eigenvalue weighted by molar-refractivity contribution is 1.10. The van der Waals surface area contributed by atoms with Crippen LogP contribution in [-0.4, -0.2) is 12.0 Å². The minimum Gasteiger partial charge on any atom is -0.373 e. The third-order valence-corrected chi connectivity index (χ3v) is 1.51. The average molecular weight is 166 g/mol. The van der Waals surface area contributed by atoms with E-state index in [2.05, 4.69) is 23.3 Å². The van der Waals surface area contributed by atoms with Gasteiger partial charge in [-0.15, -0.1) is 0 Å². The Kier molecular flexibility index (Phi) is 6.07. The zero-order chi connectivity index (χ0) is 9.40. The van der Waals surface area contributed by atoms with Crippen LogP contribution in [0.5, 0.6) is 0 Å². The van der Waals surface area contributed by atoms with Gasteiger partial charge in [0, 0.05) is 13.2 Å². The molecular formula is C10H18N2. The van der Waals surface area contributed by atoms with Crippen LogP contribution < -0.4 is 5.32 Å². The molecule has 0 aliphatic rings.